The molecule has 13 heavy (non-hydrogen) atoms. The van der Waals surface area contributed by atoms with Gasteiger partial charge >= 0.3 is 0 Å². The zero-order valence-electron chi connectivity index (χ0n) is 7.47. The minimum Gasteiger partial charge on any atom is -0.497 e. The van der Waals surface area contributed by atoms with Crippen LogP contribution in [0.3, 0.4) is 0 Å². The molecule has 3 heteroatoms. The minimum atomic E-state index is 0.00932. The maximum atomic E-state index is 5.91. The largest absolute Gasteiger partial charge is 0.497 e. The Balaban J connectivity index is 2.58. The quantitative estimate of drug-likeness (QED) is 0.707. The number of methoxy groups -OCH3 is 1. The van der Waals surface area contributed by atoms with Crippen molar-refractivity contribution in [3.8, 4) is 5.75 Å². The molecule has 1 unspecified atom stereocenters. The monoisotopic (exact) mass is 218 g/mol. The number of alkyl halides is 2. The van der Waals surface area contributed by atoms with Gasteiger partial charge in [0.15, 0.2) is 0 Å². The van der Waals surface area contributed by atoms with Crippen molar-refractivity contribution in [3.63, 3.8) is 0 Å². The van der Waals surface area contributed by atoms with Crippen LogP contribution < -0.4 is 4.74 Å². The smallest absolute Gasteiger partial charge is 0.118 e. The Morgan fingerprint density at radius 3 is 2.38 bits per heavy atom. The molecule has 0 spiro atoms. The van der Waals surface area contributed by atoms with E-state index in [0.29, 0.717) is 5.88 Å². The average Bonchev–Trinajstić information content (AvgIpc) is 2.19. The van der Waals surface area contributed by atoms with Crippen LogP contribution in [0.1, 0.15) is 5.56 Å². The third kappa shape index (κ3) is 3.45. The van der Waals surface area contributed by atoms with Gasteiger partial charge in [-0.1, -0.05) is 12.1 Å². The summed E-state index contributed by atoms with van der Waals surface area (Å²) in [4.78, 5) is 0. The molecule has 0 N–H and O–H groups in total. The number of rotatable bonds is 4. The first kappa shape index (κ1) is 10.7. The van der Waals surface area contributed by atoms with E-state index < -0.39 is 0 Å². The van der Waals surface area contributed by atoms with Crippen LogP contribution in [0.15, 0.2) is 24.3 Å². The Morgan fingerprint density at radius 2 is 1.92 bits per heavy atom. The zero-order chi connectivity index (χ0) is 9.68. The van der Waals surface area contributed by atoms with Crippen LogP contribution in [0, 0.1) is 0 Å². The van der Waals surface area contributed by atoms with Gasteiger partial charge in [-0.2, -0.15) is 0 Å². The van der Waals surface area contributed by atoms with Crippen molar-refractivity contribution in [2.75, 3.05) is 13.0 Å². The second-order valence-electron chi connectivity index (χ2n) is 2.80. The fourth-order valence-electron chi connectivity index (χ4n) is 1.07. The molecule has 0 aromatic heterocycles. The Bertz CT molecular complexity index is 246. The highest BCUT2D eigenvalue weighted by atomic mass is 35.5. The summed E-state index contributed by atoms with van der Waals surface area (Å²) >= 11 is 11.5. The minimum absolute atomic E-state index is 0.00932. The third-order valence-corrected chi connectivity index (χ3v) is 2.62. The van der Waals surface area contributed by atoms with Crippen molar-refractivity contribution in [3.05, 3.63) is 29.8 Å². The second-order valence-corrected chi connectivity index (χ2v) is 3.73. The lowest BCUT2D eigenvalue weighted by Crippen LogP contribution is -2.04. The van der Waals surface area contributed by atoms with Gasteiger partial charge in [-0.3, -0.25) is 0 Å². The summed E-state index contributed by atoms with van der Waals surface area (Å²) in [5.41, 5.74) is 1.18. The highest BCUT2D eigenvalue weighted by Gasteiger charge is 2.03. The molecule has 0 fully saturated rings. The molecule has 1 atom stereocenters. The van der Waals surface area contributed by atoms with Crippen LogP contribution in [0.25, 0.3) is 0 Å². The Hall–Kier alpha value is -0.400. The molecule has 1 nitrogen and oxygen atoms in total. The molecule has 0 aliphatic heterocycles. The molecular formula is C10H12Cl2O. The average molecular weight is 219 g/mol. The van der Waals surface area contributed by atoms with E-state index in [9.17, 15) is 0 Å². The van der Waals surface area contributed by atoms with Crippen LogP contribution in [-0.2, 0) is 6.42 Å². The topological polar surface area (TPSA) is 9.23 Å². The lowest BCUT2D eigenvalue weighted by Gasteiger charge is -2.06. The maximum Gasteiger partial charge on any atom is 0.118 e. The molecule has 0 heterocycles. The van der Waals surface area contributed by atoms with Crippen molar-refractivity contribution in [1.29, 1.82) is 0 Å². The molecule has 0 bridgehead atoms. The van der Waals surface area contributed by atoms with Gasteiger partial charge in [-0.25, -0.2) is 0 Å². The summed E-state index contributed by atoms with van der Waals surface area (Å²) in [6, 6.07) is 7.85. The van der Waals surface area contributed by atoms with Crippen LogP contribution >= 0.6 is 23.2 Å². The van der Waals surface area contributed by atoms with E-state index in [4.69, 9.17) is 27.9 Å². The third-order valence-electron chi connectivity index (χ3n) is 1.78. The summed E-state index contributed by atoms with van der Waals surface area (Å²) in [6.45, 7) is 0. The molecular weight excluding hydrogens is 207 g/mol. The molecule has 0 aliphatic carbocycles. The van der Waals surface area contributed by atoms with Crippen molar-refractivity contribution < 1.29 is 4.74 Å². The standard InChI is InChI=1S/C10H12Cl2O/c1-13-10-4-2-8(3-5-10)6-9(12)7-11/h2-5,9H,6-7H2,1H3. The first-order valence-corrected chi connectivity index (χ1v) is 5.06. The van der Waals surface area contributed by atoms with Crippen molar-refractivity contribution >= 4 is 23.2 Å². The first-order valence-electron chi connectivity index (χ1n) is 4.09. The fourth-order valence-corrected chi connectivity index (χ4v) is 1.36. The lowest BCUT2D eigenvalue weighted by molar-refractivity contribution is 0.414. The van der Waals surface area contributed by atoms with Gasteiger partial charge in [0.25, 0.3) is 0 Å². The van der Waals surface area contributed by atoms with E-state index >= 15 is 0 Å². The number of hydrogen-bond donors (Lipinski definition) is 0. The molecule has 0 radical (unpaired) electrons. The molecule has 0 amide bonds. The maximum absolute atomic E-state index is 5.91. The van der Waals surface area contributed by atoms with E-state index in [2.05, 4.69) is 0 Å². The van der Waals surface area contributed by atoms with Crippen LogP contribution in [-0.4, -0.2) is 18.4 Å². The second kappa shape index (κ2) is 5.36. The number of halogens is 2. The van der Waals surface area contributed by atoms with Gasteiger partial charge in [0.1, 0.15) is 5.75 Å². The lowest BCUT2D eigenvalue weighted by atomic mass is 10.1. The highest BCUT2D eigenvalue weighted by Crippen LogP contribution is 2.14. The van der Waals surface area contributed by atoms with E-state index in [1.54, 1.807) is 7.11 Å². The number of hydrogen-bond acceptors (Lipinski definition) is 1. The van der Waals surface area contributed by atoms with Crippen LogP contribution in [0.4, 0.5) is 0 Å². The van der Waals surface area contributed by atoms with E-state index in [1.165, 1.54) is 5.56 Å². The summed E-state index contributed by atoms with van der Waals surface area (Å²) in [6.07, 6.45) is 0.801. The van der Waals surface area contributed by atoms with Crippen molar-refractivity contribution in [2.45, 2.75) is 11.8 Å². The molecule has 72 valence electrons. The highest BCUT2D eigenvalue weighted by molar-refractivity contribution is 6.28. The van der Waals surface area contributed by atoms with Crippen LogP contribution in [0.5, 0.6) is 5.75 Å². The van der Waals surface area contributed by atoms with E-state index in [0.717, 1.165) is 12.2 Å². The molecule has 1 aromatic carbocycles. The predicted molar refractivity (Wildman–Crippen MR) is 57.1 cm³/mol. The Morgan fingerprint density at radius 1 is 1.31 bits per heavy atom. The normalized spacial score (nSPS) is 12.5. The first-order chi connectivity index (χ1) is 6.26. The van der Waals surface area contributed by atoms with Crippen LogP contribution in [0.2, 0.25) is 0 Å². The Labute approximate surface area is 88.6 Å². The number of benzene rings is 1. The van der Waals surface area contributed by atoms with Gasteiger partial charge in [-0.05, 0) is 24.1 Å². The summed E-state index contributed by atoms with van der Waals surface area (Å²) in [5, 5.41) is 0.00932. The van der Waals surface area contributed by atoms with Gasteiger partial charge < -0.3 is 4.74 Å². The number of ether oxygens (including phenoxy) is 1. The van der Waals surface area contributed by atoms with Crippen molar-refractivity contribution in [2.24, 2.45) is 0 Å². The fraction of sp³-hybridized carbons (Fsp3) is 0.400. The SMILES string of the molecule is COc1ccc(CC(Cl)CCl)cc1. The molecule has 0 saturated carbocycles. The van der Waals surface area contributed by atoms with Crippen molar-refractivity contribution in [1.82, 2.24) is 0 Å². The zero-order valence-corrected chi connectivity index (χ0v) is 8.98. The Kier molecular flexibility index (Phi) is 4.40. The van der Waals surface area contributed by atoms with Gasteiger partial charge in [0.2, 0.25) is 0 Å². The van der Waals surface area contributed by atoms with E-state index in [-0.39, 0.29) is 5.38 Å². The molecule has 0 aliphatic rings. The molecule has 1 rings (SSSR count). The molecule has 0 saturated heterocycles. The van der Waals surface area contributed by atoms with Gasteiger partial charge in [0, 0.05) is 5.88 Å². The predicted octanol–water partition coefficient (Wildman–Crippen LogP) is 3.08. The summed E-state index contributed by atoms with van der Waals surface area (Å²) in [5.74, 6) is 1.34. The van der Waals surface area contributed by atoms with Gasteiger partial charge in [0.05, 0.1) is 12.5 Å². The van der Waals surface area contributed by atoms with Gasteiger partial charge in [-0.15, -0.1) is 23.2 Å². The van der Waals surface area contributed by atoms with E-state index in [1.807, 2.05) is 24.3 Å². The molecule has 1 aromatic rings. The summed E-state index contributed by atoms with van der Waals surface area (Å²) < 4.78 is 5.04. The summed E-state index contributed by atoms with van der Waals surface area (Å²) in [7, 11) is 1.65.